The first-order valence-corrected chi connectivity index (χ1v) is 7.44. The highest BCUT2D eigenvalue weighted by Crippen LogP contribution is 2.27. The summed E-state index contributed by atoms with van der Waals surface area (Å²) in [5.74, 6) is -1.13. The van der Waals surface area contributed by atoms with Crippen molar-refractivity contribution in [3.8, 4) is 11.3 Å². The second kappa shape index (κ2) is 8.74. The molecule has 0 atom stereocenters. The molecule has 22 heavy (non-hydrogen) atoms. The number of nitrogens with one attached hydrogen (secondary N) is 1. The Kier molecular flexibility index (Phi) is 7.65. The first kappa shape index (κ1) is 19.3. The topological polar surface area (TPSA) is 28.2 Å². The number of halogens is 4. The summed E-state index contributed by atoms with van der Waals surface area (Å²) in [5, 5.41) is 5.90. The summed E-state index contributed by atoms with van der Waals surface area (Å²) in [5.41, 5.74) is 0.353. The van der Waals surface area contributed by atoms with Crippen LogP contribution in [0.15, 0.2) is 23.6 Å². The van der Waals surface area contributed by atoms with Crippen LogP contribution in [0.1, 0.15) is 5.01 Å². The van der Waals surface area contributed by atoms with Gasteiger partial charge in [0.15, 0.2) is 0 Å². The molecule has 0 radical (unpaired) electrons. The van der Waals surface area contributed by atoms with Crippen LogP contribution >= 0.6 is 36.2 Å². The number of thiazole rings is 1. The van der Waals surface area contributed by atoms with E-state index in [0.29, 0.717) is 5.69 Å². The molecule has 0 saturated carbocycles. The van der Waals surface area contributed by atoms with Crippen LogP contribution in [0.25, 0.3) is 11.3 Å². The van der Waals surface area contributed by atoms with Crippen LogP contribution in [-0.4, -0.2) is 36.1 Å². The van der Waals surface area contributed by atoms with Crippen molar-refractivity contribution in [3.05, 3.63) is 40.2 Å². The van der Waals surface area contributed by atoms with Crippen molar-refractivity contribution in [3.63, 3.8) is 0 Å². The number of piperazine rings is 1. The van der Waals surface area contributed by atoms with Gasteiger partial charge < -0.3 is 5.32 Å². The fourth-order valence-electron chi connectivity index (χ4n) is 2.30. The Morgan fingerprint density at radius 1 is 1.14 bits per heavy atom. The molecule has 0 bridgehead atoms. The standard InChI is InChI=1S/C14H15F2N3S.2ClH/c15-10-2-1-3-11(16)14(10)12-9-20-13(18-12)8-19-6-4-17-5-7-19;;/h1-3,9,17H,4-8H2;2*1H. The quantitative estimate of drug-likeness (QED) is 0.901. The smallest absolute Gasteiger partial charge is 0.135 e. The fraction of sp³-hybridized carbons (Fsp3) is 0.357. The number of hydrogen-bond acceptors (Lipinski definition) is 4. The third-order valence-corrected chi connectivity index (χ3v) is 4.17. The van der Waals surface area contributed by atoms with E-state index in [4.69, 9.17) is 0 Å². The van der Waals surface area contributed by atoms with Crippen LogP contribution < -0.4 is 5.32 Å². The second-order valence-electron chi connectivity index (χ2n) is 4.75. The molecule has 0 unspecified atom stereocenters. The zero-order chi connectivity index (χ0) is 13.9. The summed E-state index contributed by atoms with van der Waals surface area (Å²) in [6, 6.07) is 3.88. The van der Waals surface area contributed by atoms with Gasteiger partial charge >= 0.3 is 0 Å². The van der Waals surface area contributed by atoms with Gasteiger partial charge in [-0.05, 0) is 12.1 Å². The molecule has 3 rings (SSSR count). The summed E-state index contributed by atoms with van der Waals surface area (Å²) in [4.78, 5) is 6.66. The normalized spacial score (nSPS) is 15.0. The maximum Gasteiger partial charge on any atom is 0.135 e. The van der Waals surface area contributed by atoms with Gasteiger partial charge in [-0.3, -0.25) is 4.90 Å². The number of benzene rings is 1. The van der Waals surface area contributed by atoms with Crippen molar-refractivity contribution >= 4 is 36.2 Å². The van der Waals surface area contributed by atoms with E-state index in [-0.39, 0.29) is 30.4 Å². The molecule has 122 valence electrons. The maximum absolute atomic E-state index is 13.7. The fourth-order valence-corrected chi connectivity index (χ4v) is 3.13. The molecule has 0 aliphatic carbocycles. The first-order valence-electron chi connectivity index (χ1n) is 6.56. The molecule has 1 aliphatic rings. The Labute approximate surface area is 144 Å². The van der Waals surface area contributed by atoms with Crippen molar-refractivity contribution in [2.75, 3.05) is 26.2 Å². The predicted octanol–water partition coefficient (Wildman–Crippen LogP) is 3.34. The summed E-state index contributed by atoms with van der Waals surface area (Å²) in [6.07, 6.45) is 0. The molecule has 2 heterocycles. The number of nitrogens with zero attached hydrogens (tertiary/aromatic N) is 2. The van der Waals surface area contributed by atoms with Gasteiger partial charge in [0.25, 0.3) is 0 Å². The van der Waals surface area contributed by atoms with E-state index in [2.05, 4.69) is 15.2 Å². The molecular weight excluding hydrogens is 351 g/mol. The van der Waals surface area contributed by atoms with Crippen LogP contribution in [0.5, 0.6) is 0 Å². The molecule has 1 N–H and O–H groups in total. The lowest BCUT2D eigenvalue weighted by Crippen LogP contribution is -2.42. The zero-order valence-corrected chi connectivity index (χ0v) is 14.2. The molecule has 1 aromatic heterocycles. The van der Waals surface area contributed by atoms with Gasteiger partial charge in [0.2, 0.25) is 0 Å². The van der Waals surface area contributed by atoms with E-state index >= 15 is 0 Å². The van der Waals surface area contributed by atoms with Crippen molar-refractivity contribution in [2.24, 2.45) is 0 Å². The third-order valence-electron chi connectivity index (χ3n) is 3.34. The third kappa shape index (κ3) is 4.36. The summed E-state index contributed by atoms with van der Waals surface area (Å²) < 4.78 is 27.4. The van der Waals surface area contributed by atoms with Crippen LogP contribution in [0.4, 0.5) is 8.78 Å². The molecule has 8 heteroatoms. The minimum atomic E-state index is -0.566. The Balaban J connectivity index is 0.00000121. The number of rotatable bonds is 3. The first-order chi connectivity index (χ1) is 9.74. The molecule has 0 spiro atoms. The Morgan fingerprint density at radius 2 is 1.77 bits per heavy atom. The Bertz CT molecular complexity index is 583. The van der Waals surface area contributed by atoms with Gasteiger partial charge in [-0.1, -0.05) is 6.07 Å². The molecule has 1 aliphatic heterocycles. The Morgan fingerprint density at radius 3 is 2.41 bits per heavy atom. The van der Waals surface area contributed by atoms with Gasteiger partial charge in [-0.25, -0.2) is 13.8 Å². The SMILES string of the molecule is Cl.Cl.Fc1cccc(F)c1-c1csc(CN2CCNCC2)n1. The van der Waals surface area contributed by atoms with Crippen molar-refractivity contribution in [1.29, 1.82) is 0 Å². The highest BCUT2D eigenvalue weighted by Gasteiger charge is 2.16. The number of aromatic nitrogens is 1. The summed E-state index contributed by atoms with van der Waals surface area (Å²) >= 11 is 1.45. The predicted molar refractivity (Wildman–Crippen MR) is 90.1 cm³/mol. The summed E-state index contributed by atoms with van der Waals surface area (Å²) in [7, 11) is 0. The molecule has 3 nitrogen and oxygen atoms in total. The van der Waals surface area contributed by atoms with Gasteiger partial charge in [0.1, 0.15) is 16.6 Å². The van der Waals surface area contributed by atoms with Crippen LogP contribution in [0.3, 0.4) is 0 Å². The minimum Gasteiger partial charge on any atom is -0.314 e. The lowest BCUT2D eigenvalue weighted by Gasteiger charge is -2.26. The largest absolute Gasteiger partial charge is 0.314 e. The monoisotopic (exact) mass is 367 g/mol. The summed E-state index contributed by atoms with van der Waals surface area (Å²) in [6.45, 7) is 4.63. The molecule has 1 aromatic carbocycles. The molecular formula is C14H17Cl2F2N3S. The molecule has 0 amide bonds. The lowest BCUT2D eigenvalue weighted by atomic mass is 10.1. The minimum absolute atomic E-state index is 0. The van der Waals surface area contributed by atoms with Crippen molar-refractivity contribution in [1.82, 2.24) is 15.2 Å². The van der Waals surface area contributed by atoms with Gasteiger partial charge in [-0.15, -0.1) is 36.2 Å². The molecule has 2 aromatic rings. The molecule has 1 fully saturated rings. The van der Waals surface area contributed by atoms with Gasteiger partial charge in [0, 0.05) is 31.6 Å². The average molecular weight is 368 g/mol. The lowest BCUT2D eigenvalue weighted by molar-refractivity contribution is 0.233. The van der Waals surface area contributed by atoms with Gasteiger partial charge in [-0.2, -0.15) is 0 Å². The second-order valence-corrected chi connectivity index (χ2v) is 5.69. The van der Waals surface area contributed by atoms with Crippen molar-refractivity contribution in [2.45, 2.75) is 6.54 Å². The Hall–Kier alpha value is -0.790. The zero-order valence-electron chi connectivity index (χ0n) is 11.7. The van der Waals surface area contributed by atoms with E-state index in [1.165, 1.54) is 29.5 Å². The van der Waals surface area contributed by atoms with Crippen LogP contribution in [0, 0.1) is 11.6 Å². The number of hydrogen-bond donors (Lipinski definition) is 1. The average Bonchev–Trinajstić information content (AvgIpc) is 2.88. The van der Waals surface area contributed by atoms with Crippen molar-refractivity contribution < 1.29 is 8.78 Å². The van der Waals surface area contributed by atoms with E-state index < -0.39 is 11.6 Å². The van der Waals surface area contributed by atoms with Crippen LogP contribution in [0.2, 0.25) is 0 Å². The highest BCUT2D eigenvalue weighted by molar-refractivity contribution is 7.09. The highest BCUT2D eigenvalue weighted by atomic mass is 35.5. The van der Waals surface area contributed by atoms with Gasteiger partial charge in [0.05, 0.1) is 17.8 Å². The van der Waals surface area contributed by atoms with E-state index in [1.54, 1.807) is 5.38 Å². The van der Waals surface area contributed by atoms with E-state index in [9.17, 15) is 8.78 Å². The maximum atomic E-state index is 13.7. The molecule has 1 saturated heterocycles. The van der Waals surface area contributed by atoms with E-state index in [1.807, 2.05) is 0 Å². The van der Waals surface area contributed by atoms with E-state index in [0.717, 1.165) is 37.7 Å². The van der Waals surface area contributed by atoms with Crippen LogP contribution in [-0.2, 0) is 6.54 Å².